The van der Waals surface area contributed by atoms with E-state index in [4.69, 9.17) is 32.3 Å². The Balaban J connectivity index is 4.56. The van der Waals surface area contributed by atoms with Crippen LogP contribution in [0.25, 0.3) is 0 Å². The second-order valence-corrected chi connectivity index (χ2v) is 32.6. The number of carbonyl (C=O) groups is 3. The molecule has 0 aromatic heterocycles. The molecule has 0 bridgehead atoms. The first-order chi connectivity index (χ1) is 55.2. The van der Waals surface area contributed by atoms with E-state index in [0.29, 0.717) is 19.3 Å². The molecule has 4 N–H and O–H groups in total. The van der Waals surface area contributed by atoms with Crippen molar-refractivity contribution < 1.29 is 75.8 Å². The Hall–Kier alpha value is -4.83. The number of unbranched alkanes of at least 4 members (excludes halogenated alkanes) is 35. The molecule has 0 aromatic carbocycles. The predicted molar refractivity (Wildman–Crippen MR) is 472 cm³/mol. The molecule has 0 radical (unpaired) electrons. The summed E-state index contributed by atoms with van der Waals surface area (Å²) in [6.07, 6.45) is 110. The molecule has 113 heavy (non-hydrogen) atoms. The van der Waals surface area contributed by atoms with Gasteiger partial charge in [0, 0.05) is 19.3 Å². The van der Waals surface area contributed by atoms with Crippen molar-refractivity contribution in [2.45, 2.75) is 386 Å². The average Bonchev–Trinajstić information content (AvgIpc) is 0.902. The molecule has 5 atom stereocenters. The van der Waals surface area contributed by atoms with Crippen LogP contribution in [0.1, 0.15) is 367 Å². The second kappa shape index (κ2) is 86.5. The van der Waals surface area contributed by atoms with Crippen molar-refractivity contribution >= 4 is 33.6 Å². The number of aliphatic hydroxyl groups is 2. The number of phosphoric acid groups is 2. The highest BCUT2D eigenvalue weighted by Crippen LogP contribution is 2.45. The third kappa shape index (κ3) is 87.8. The number of allylic oxidation sites excluding steroid dienone is 26. The van der Waals surface area contributed by atoms with Gasteiger partial charge in [-0.05, 0) is 154 Å². The summed E-state index contributed by atoms with van der Waals surface area (Å²) >= 11 is 0. The minimum atomic E-state index is -4.95. The zero-order chi connectivity index (χ0) is 82.2. The van der Waals surface area contributed by atoms with E-state index in [0.717, 1.165) is 141 Å². The standard InChI is InChI=1S/C95H162O16P2/c1-4-7-10-13-16-19-22-25-28-31-34-36-38-40-41-42-43-44-45-46-47-49-51-52-55-57-60-63-66-69-72-75-78-81-93(98)105-84-90(96)85-107-112(101,102)108-86-91(97)87-109-113(103,104)110-89-92(111-95(100)83-80-77-74-71-68-65-62-59-54-33-30-27-24-21-18-15-12-9-6-3)88-106-94(99)82-79-76-73-70-67-64-61-58-56-53-50-48-39-37-35-32-29-26-23-20-17-14-11-8-5-2/h9,12,16-21,25-30,34-37,40-41,48,50,54,59,65,68,90-92,96-97H,4-8,10-11,13-15,22-24,31-33,38-39,42-47,49,51-53,55-58,60-64,66-67,69-89H2,1-3H3,(H,101,102)(H,103,104)/b12-9-,19-16-,20-17-,21-18-,28-25-,29-26-,30-27-,36-34-,37-35-,41-40-,50-48-,59-54-,68-65-. The highest BCUT2D eigenvalue weighted by atomic mass is 31.2. The molecule has 5 unspecified atom stereocenters. The van der Waals surface area contributed by atoms with E-state index in [-0.39, 0.29) is 19.3 Å². The number of carbonyl (C=O) groups excluding carboxylic acids is 3. The van der Waals surface area contributed by atoms with E-state index in [1.165, 1.54) is 167 Å². The molecular formula is C95H162O16P2. The number of aliphatic hydroxyl groups excluding tert-OH is 2. The summed E-state index contributed by atoms with van der Waals surface area (Å²) in [4.78, 5) is 58.9. The van der Waals surface area contributed by atoms with Crippen molar-refractivity contribution in [3.63, 3.8) is 0 Å². The minimum absolute atomic E-state index is 0.0598. The summed E-state index contributed by atoms with van der Waals surface area (Å²) in [5.41, 5.74) is 0. The largest absolute Gasteiger partial charge is 0.472 e. The van der Waals surface area contributed by atoms with Crippen molar-refractivity contribution in [2.24, 2.45) is 0 Å². The van der Waals surface area contributed by atoms with Crippen molar-refractivity contribution in [1.82, 2.24) is 0 Å². The van der Waals surface area contributed by atoms with Gasteiger partial charge in [0.2, 0.25) is 0 Å². The first kappa shape index (κ1) is 108. The van der Waals surface area contributed by atoms with Gasteiger partial charge in [-0.3, -0.25) is 32.5 Å². The van der Waals surface area contributed by atoms with Gasteiger partial charge in [-0.25, -0.2) is 9.13 Å². The normalized spacial score (nSPS) is 14.6. The van der Waals surface area contributed by atoms with Crippen LogP contribution in [0.5, 0.6) is 0 Å². The van der Waals surface area contributed by atoms with Crippen LogP contribution in [0.4, 0.5) is 0 Å². The van der Waals surface area contributed by atoms with E-state index in [2.05, 4.69) is 179 Å². The zero-order valence-corrected chi connectivity index (χ0v) is 73.0. The summed E-state index contributed by atoms with van der Waals surface area (Å²) in [7, 11) is -9.82. The molecule has 0 aromatic rings. The Bertz CT molecular complexity index is 2680. The van der Waals surface area contributed by atoms with E-state index >= 15 is 0 Å². The fraction of sp³-hybridized carbons (Fsp3) is 0.695. The van der Waals surface area contributed by atoms with Crippen molar-refractivity contribution in [2.75, 3.05) is 39.6 Å². The van der Waals surface area contributed by atoms with Crippen LogP contribution < -0.4 is 0 Å². The van der Waals surface area contributed by atoms with Gasteiger partial charge in [-0.1, -0.05) is 352 Å². The summed E-state index contributed by atoms with van der Waals surface area (Å²) in [5, 5.41) is 20.7. The Morgan fingerprint density at radius 3 is 0.752 bits per heavy atom. The van der Waals surface area contributed by atoms with Crippen molar-refractivity contribution in [1.29, 1.82) is 0 Å². The average molecular weight is 1620 g/mol. The monoisotopic (exact) mass is 1620 g/mol. The van der Waals surface area contributed by atoms with E-state index in [1.807, 2.05) is 0 Å². The predicted octanol–water partition coefficient (Wildman–Crippen LogP) is 27.3. The lowest BCUT2D eigenvalue weighted by Crippen LogP contribution is -2.30. The van der Waals surface area contributed by atoms with Gasteiger partial charge in [0.05, 0.1) is 26.4 Å². The third-order valence-corrected chi connectivity index (χ3v) is 20.6. The lowest BCUT2D eigenvalue weighted by molar-refractivity contribution is -0.161. The maximum absolute atomic E-state index is 13.0. The zero-order valence-electron chi connectivity index (χ0n) is 71.3. The van der Waals surface area contributed by atoms with E-state index < -0.39 is 91.5 Å². The number of hydrogen-bond acceptors (Lipinski definition) is 14. The number of phosphoric ester groups is 2. The van der Waals surface area contributed by atoms with Crippen LogP contribution in [0.2, 0.25) is 0 Å². The van der Waals surface area contributed by atoms with Crippen LogP contribution >= 0.6 is 15.6 Å². The van der Waals surface area contributed by atoms with Crippen LogP contribution in [-0.2, 0) is 55.8 Å². The molecule has 0 rings (SSSR count). The quantitative estimate of drug-likeness (QED) is 0.0146. The molecule has 0 amide bonds. The van der Waals surface area contributed by atoms with Gasteiger partial charge in [0.15, 0.2) is 6.10 Å². The fourth-order valence-electron chi connectivity index (χ4n) is 11.9. The number of ether oxygens (including phenoxy) is 3. The van der Waals surface area contributed by atoms with Gasteiger partial charge in [0.25, 0.3) is 0 Å². The summed E-state index contributed by atoms with van der Waals surface area (Å²) in [6.45, 7) is 2.50. The number of rotatable bonds is 84. The van der Waals surface area contributed by atoms with Crippen LogP contribution in [0.3, 0.4) is 0 Å². The molecule has 0 aliphatic heterocycles. The Morgan fingerprint density at radius 2 is 0.469 bits per heavy atom. The maximum Gasteiger partial charge on any atom is 0.472 e. The highest BCUT2D eigenvalue weighted by molar-refractivity contribution is 7.47. The van der Waals surface area contributed by atoms with Crippen molar-refractivity contribution in [3.8, 4) is 0 Å². The Labute approximate surface area is 689 Å². The van der Waals surface area contributed by atoms with Gasteiger partial charge < -0.3 is 34.2 Å². The summed E-state index contributed by atoms with van der Waals surface area (Å²) in [6, 6.07) is 0. The molecule has 0 spiro atoms. The summed E-state index contributed by atoms with van der Waals surface area (Å²) in [5.74, 6) is -1.62. The molecule has 0 fully saturated rings. The minimum Gasteiger partial charge on any atom is -0.463 e. The van der Waals surface area contributed by atoms with Gasteiger partial charge >= 0.3 is 33.6 Å². The second-order valence-electron chi connectivity index (χ2n) is 29.7. The highest BCUT2D eigenvalue weighted by Gasteiger charge is 2.29. The van der Waals surface area contributed by atoms with E-state index in [9.17, 15) is 43.5 Å². The topological polar surface area (TPSA) is 231 Å². The number of hydrogen-bond donors (Lipinski definition) is 4. The Kier molecular flexibility index (Phi) is 82.8. The van der Waals surface area contributed by atoms with Crippen molar-refractivity contribution in [3.05, 3.63) is 158 Å². The lowest BCUT2D eigenvalue weighted by atomic mass is 10.0. The fourth-order valence-corrected chi connectivity index (χ4v) is 13.5. The smallest absolute Gasteiger partial charge is 0.463 e. The van der Waals surface area contributed by atoms with E-state index in [1.54, 1.807) is 0 Å². The maximum atomic E-state index is 13.0. The molecule has 0 saturated heterocycles. The third-order valence-electron chi connectivity index (χ3n) is 18.7. The number of esters is 3. The molecule has 16 nitrogen and oxygen atoms in total. The van der Waals surface area contributed by atoms with Gasteiger partial charge in [-0.2, -0.15) is 0 Å². The Morgan fingerprint density at radius 1 is 0.257 bits per heavy atom. The molecule has 0 heterocycles. The first-order valence-corrected chi connectivity index (χ1v) is 47.8. The molecule has 648 valence electrons. The lowest BCUT2D eigenvalue weighted by Gasteiger charge is -2.21. The van der Waals surface area contributed by atoms with Crippen LogP contribution in [-0.4, -0.2) is 95.9 Å². The van der Waals surface area contributed by atoms with Crippen LogP contribution in [0.15, 0.2) is 158 Å². The molecule has 0 saturated carbocycles. The SMILES string of the molecule is CC/C=C\C/C=C\C/C=C\C/C=C\C/C=C\CCCCCC(=O)OC(COC(=O)CCCCCCCCCCC/C=C\C/C=C\C/C=C\C/C=C\CCCCC)COP(=O)(O)OCC(O)COP(=O)(O)OCC(O)COC(=O)CCCCCCCCCCCCCCCCCCC/C=C\C/C=C\C/C=C\C/C=C\CCCCC. The summed E-state index contributed by atoms with van der Waals surface area (Å²) < 4.78 is 61.4. The van der Waals surface area contributed by atoms with Crippen LogP contribution in [0, 0.1) is 0 Å². The first-order valence-electron chi connectivity index (χ1n) is 44.8. The molecule has 0 aliphatic rings. The molecule has 18 heteroatoms. The van der Waals surface area contributed by atoms with Gasteiger partial charge in [-0.15, -0.1) is 0 Å². The molecule has 0 aliphatic carbocycles. The molecular weight excluding hydrogens is 1460 g/mol. The van der Waals surface area contributed by atoms with Gasteiger partial charge in [0.1, 0.15) is 25.4 Å².